The lowest BCUT2D eigenvalue weighted by Gasteiger charge is -2.19. The number of ether oxygens (including phenoxy) is 2. The summed E-state index contributed by atoms with van der Waals surface area (Å²) in [7, 11) is 5.25. The summed E-state index contributed by atoms with van der Waals surface area (Å²) in [4.78, 5) is 24.8. The van der Waals surface area contributed by atoms with Gasteiger partial charge in [-0.15, -0.1) is 11.3 Å². The predicted octanol–water partition coefficient (Wildman–Crippen LogP) is 4.92. The zero-order valence-electron chi connectivity index (χ0n) is 19.0. The van der Waals surface area contributed by atoms with E-state index in [4.69, 9.17) is 14.5 Å². The Morgan fingerprint density at radius 2 is 1.78 bits per heavy atom. The van der Waals surface area contributed by atoms with Gasteiger partial charge in [-0.3, -0.25) is 9.69 Å². The topological polar surface area (TPSA) is 67.5 Å². The van der Waals surface area contributed by atoms with Crippen LogP contribution in [-0.4, -0.2) is 36.1 Å². The molecule has 0 unspecified atom stereocenters. The van der Waals surface area contributed by atoms with Crippen molar-refractivity contribution in [3.05, 3.63) is 74.6 Å². The molecule has 0 spiro atoms. The van der Waals surface area contributed by atoms with Crippen LogP contribution in [-0.2, 0) is 13.1 Å². The fourth-order valence-electron chi connectivity index (χ4n) is 3.99. The van der Waals surface area contributed by atoms with E-state index in [2.05, 4.69) is 41.1 Å². The lowest BCUT2D eigenvalue weighted by Crippen LogP contribution is -2.22. The number of nitrogens with zero attached hydrogens (tertiary/aromatic N) is 2. The average molecular weight is 450 g/mol. The van der Waals surface area contributed by atoms with Gasteiger partial charge in [0.05, 0.1) is 26.2 Å². The van der Waals surface area contributed by atoms with Gasteiger partial charge in [0.15, 0.2) is 11.5 Å². The first-order chi connectivity index (χ1) is 15.4. The van der Waals surface area contributed by atoms with E-state index in [0.717, 1.165) is 32.1 Å². The molecule has 0 bridgehead atoms. The number of benzene rings is 2. The molecule has 6 nitrogen and oxygen atoms in total. The third-order valence-corrected chi connectivity index (χ3v) is 6.47. The van der Waals surface area contributed by atoms with E-state index in [9.17, 15) is 4.79 Å². The SMILES string of the molecule is COc1cccc(CN(C)Cc2nc3sc(C)c(-c4ccc(C)cc4)c3c(=O)[nH]2)c1OC. The zero-order chi connectivity index (χ0) is 22.8. The molecule has 0 radical (unpaired) electrons. The summed E-state index contributed by atoms with van der Waals surface area (Å²) in [5.41, 5.74) is 4.11. The Labute approximate surface area is 191 Å². The predicted molar refractivity (Wildman–Crippen MR) is 130 cm³/mol. The Balaban J connectivity index is 1.63. The molecule has 0 aliphatic rings. The number of H-pyrrole nitrogens is 1. The summed E-state index contributed by atoms with van der Waals surface area (Å²) >= 11 is 1.56. The monoisotopic (exact) mass is 449 g/mol. The minimum atomic E-state index is -0.0997. The molecule has 4 rings (SSSR count). The van der Waals surface area contributed by atoms with E-state index < -0.39 is 0 Å². The number of nitrogens with one attached hydrogen (secondary N) is 1. The second-order valence-corrected chi connectivity index (χ2v) is 9.12. The van der Waals surface area contributed by atoms with Crippen molar-refractivity contribution in [2.24, 2.45) is 0 Å². The van der Waals surface area contributed by atoms with Crippen LogP contribution in [0.1, 0.15) is 21.8 Å². The molecule has 166 valence electrons. The molecule has 0 saturated carbocycles. The van der Waals surface area contributed by atoms with Crippen LogP contribution in [0, 0.1) is 13.8 Å². The summed E-state index contributed by atoms with van der Waals surface area (Å²) in [5, 5.41) is 0.664. The number of hydrogen-bond donors (Lipinski definition) is 1. The Morgan fingerprint density at radius 3 is 2.47 bits per heavy atom. The molecule has 7 heteroatoms. The van der Waals surface area contributed by atoms with Crippen LogP contribution < -0.4 is 15.0 Å². The molecule has 0 fully saturated rings. The maximum atomic E-state index is 13.1. The Bertz CT molecular complexity index is 1310. The highest BCUT2D eigenvalue weighted by atomic mass is 32.1. The summed E-state index contributed by atoms with van der Waals surface area (Å²) in [5.74, 6) is 2.06. The second-order valence-electron chi connectivity index (χ2n) is 7.92. The molecule has 32 heavy (non-hydrogen) atoms. The summed E-state index contributed by atoms with van der Waals surface area (Å²) in [6, 6.07) is 14.1. The van der Waals surface area contributed by atoms with Crippen LogP contribution in [0.25, 0.3) is 21.3 Å². The largest absolute Gasteiger partial charge is 0.493 e. The lowest BCUT2D eigenvalue weighted by molar-refractivity contribution is 0.297. The fourth-order valence-corrected chi connectivity index (χ4v) is 5.05. The van der Waals surface area contributed by atoms with E-state index in [0.29, 0.717) is 30.0 Å². The molecule has 0 atom stereocenters. The molecule has 0 amide bonds. The third-order valence-electron chi connectivity index (χ3n) is 5.47. The lowest BCUT2D eigenvalue weighted by atomic mass is 10.0. The first kappa shape index (κ1) is 22.0. The maximum Gasteiger partial charge on any atom is 0.260 e. The van der Waals surface area contributed by atoms with Crippen molar-refractivity contribution in [3.8, 4) is 22.6 Å². The van der Waals surface area contributed by atoms with Crippen LogP contribution in [0.4, 0.5) is 0 Å². The quantitative estimate of drug-likeness (QED) is 0.434. The zero-order valence-corrected chi connectivity index (χ0v) is 19.8. The molecule has 0 aliphatic carbocycles. The van der Waals surface area contributed by atoms with Crippen molar-refractivity contribution >= 4 is 21.6 Å². The molecule has 4 aromatic rings. The highest BCUT2D eigenvalue weighted by Gasteiger charge is 2.18. The number of methoxy groups -OCH3 is 2. The van der Waals surface area contributed by atoms with Gasteiger partial charge in [-0.1, -0.05) is 42.0 Å². The van der Waals surface area contributed by atoms with Crippen LogP contribution in [0.15, 0.2) is 47.3 Å². The number of fused-ring (bicyclic) bond motifs is 1. The maximum absolute atomic E-state index is 13.1. The van der Waals surface area contributed by atoms with E-state index in [-0.39, 0.29) is 5.56 Å². The highest BCUT2D eigenvalue weighted by Crippen LogP contribution is 2.36. The van der Waals surface area contributed by atoms with E-state index >= 15 is 0 Å². The number of aromatic amines is 1. The van der Waals surface area contributed by atoms with E-state index in [1.165, 1.54) is 5.56 Å². The summed E-state index contributed by atoms with van der Waals surface area (Å²) < 4.78 is 10.9. The number of thiophene rings is 1. The van der Waals surface area contributed by atoms with Gasteiger partial charge in [0, 0.05) is 22.5 Å². The highest BCUT2D eigenvalue weighted by molar-refractivity contribution is 7.19. The Morgan fingerprint density at radius 1 is 1.03 bits per heavy atom. The molecule has 0 aliphatic heterocycles. The average Bonchev–Trinajstić information content (AvgIpc) is 3.10. The minimum Gasteiger partial charge on any atom is -0.493 e. The van der Waals surface area contributed by atoms with Gasteiger partial charge < -0.3 is 14.5 Å². The number of rotatable bonds is 7. The smallest absolute Gasteiger partial charge is 0.260 e. The van der Waals surface area contributed by atoms with E-state index in [1.54, 1.807) is 25.6 Å². The molecule has 2 heterocycles. The van der Waals surface area contributed by atoms with Crippen molar-refractivity contribution in [3.63, 3.8) is 0 Å². The second kappa shape index (κ2) is 9.14. The molecule has 2 aromatic carbocycles. The van der Waals surface area contributed by atoms with Gasteiger partial charge in [0.2, 0.25) is 0 Å². The molecule has 1 N–H and O–H groups in total. The van der Waals surface area contributed by atoms with Crippen molar-refractivity contribution in [2.45, 2.75) is 26.9 Å². The molecule has 0 saturated heterocycles. The first-order valence-corrected chi connectivity index (χ1v) is 11.2. The van der Waals surface area contributed by atoms with Crippen molar-refractivity contribution in [1.29, 1.82) is 0 Å². The van der Waals surface area contributed by atoms with Gasteiger partial charge in [0.25, 0.3) is 5.56 Å². The van der Waals surface area contributed by atoms with Gasteiger partial charge in [0.1, 0.15) is 10.7 Å². The number of aryl methyl sites for hydroxylation is 2. The van der Waals surface area contributed by atoms with Crippen LogP contribution in [0.3, 0.4) is 0 Å². The number of hydrogen-bond acceptors (Lipinski definition) is 6. The number of para-hydroxylation sites is 1. The first-order valence-electron chi connectivity index (χ1n) is 10.4. The minimum absolute atomic E-state index is 0.0997. The summed E-state index contributed by atoms with van der Waals surface area (Å²) in [6.07, 6.45) is 0. The molecular formula is C25H27N3O3S. The number of aromatic nitrogens is 2. The van der Waals surface area contributed by atoms with Gasteiger partial charge >= 0.3 is 0 Å². The van der Waals surface area contributed by atoms with E-state index in [1.807, 2.05) is 32.2 Å². The third kappa shape index (κ3) is 4.26. The van der Waals surface area contributed by atoms with Crippen LogP contribution >= 0.6 is 11.3 Å². The molecular weight excluding hydrogens is 422 g/mol. The van der Waals surface area contributed by atoms with Gasteiger partial charge in [-0.25, -0.2) is 4.98 Å². The van der Waals surface area contributed by atoms with Crippen molar-refractivity contribution < 1.29 is 9.47 Å². The standard InChI is InChI=1S/C25H27N3O3S/c1-15-9-11-17(12-10-15)21-16(2)32-25-22(21)24(29)26-20(27-25)14-28(3)13-18-7-6-8-19(30-4)23(18)31-5/h6-12H,13-14H2,1-5H3,(H,26,27,29). The molecule has 2 aromatic heterocycles. The van der Waals surface area contributed by atoms with Crippen LogP contribution in [0.5, 0.6) is 11.5 Å². The Kier molecular flexibility index (Phi) is 6.30. The van der Waals surface area contributed by atoms with Gasteiger partial charge in [-0.2, -0.15) is 0 Å². The summed E-state index contributed by atoms with van der Waals surface area (Å²) in [6.45, 7) is 5.23. The van der Waals surface area contributed by atoms with Crippen molar-refractivity contribution in [2.75, 3.05) is 21.3 Å². The van der Waals surface area contributed by atoms with Crippen LogP contribution in [0.2, 0.25) is 0 Å². The van der Waals surface area contributed by atoms with Gasteiger partial charge in [-0.05, 0) is 32.5 Å². The fraction of sp³-hybridized carbons (Fsp3) is 0.280. The van der Waals surface area contributed by atoms with Crippen molar-refractivity contribution in [1.82, 2.24) is 14.9 Å². The normalized spacial score (nSPS) is 11.3. The Hall–Kier alpha value is -3.16.